The minimum absolute atomic E-state index is 0.445. The number of halogens is 1. The number of carbonyl (C=O) groups is 2. The van der Waals surface area contributed by atoms with Crippen LogP contribution >= 0.6 is 11.6 Å². The number of carboxylic acid groups (broad SMARTS) is 1. The van der Waals surface area contributed by atoms with E-state index in [2.05, 4.69) is 10.6 Å². The molecule has 98 valence electrons. The number of hydrogen-bond acceptors (Lipinski definition) is 3. The average Bonchev–Trinajstić information content (AvgIpc) is 2.29. The van der Waals surface area contributed by atoms with Gasteiger partial charge in [0.2, 0.25) is 0 Å². The van der Waals surface area contributed by atoms with Crippen LogP contribution in [0.2, 0.25) is 5.02 Å². The first-order valence-electron chi connectivity index (χ1n) is 5.16. The molecule has 0 spiro atoms. The fraction of sp³-hybridized carbons (Fsp3) is 0.273. The van der Waals surface area contributed by atoms with Gasteiger partial charge in [-0.1, -0.05) is 11.6 Å². The number of nitrogens with one attached hydrogen (secondary N) is 2. The number of ether oxygens (including phenoxy) is 1. The number of rotatable bonds is 5. The van der Waals surface area contributed by atoms with Crippen molar-refractivity contribution in [2.45, 2.75) is 13.2 Å². The third-order valence-corrected chi connectivity index (χ3v) is 2.11. The lowest BCUT2D eigenvalue weighted by Crippen LogP contribution is -2.44. The molecule has 18 heavy (non-hydrogen) atoms. The van der Waals surface area contributed by atoms with E-state index in [0.29, 0.717) is 10.8 Å². The molecule has 0 aromatic heterocycles. The van der Waals surface area contributed by atoms with E-state index in [-0.39, 0.29) is 0 Å². The normalized spacial score (nSPS) is 11.4. The molecule has 0 fully saturated rings. The summed E-state index contributed by atoms with van der Waals surface area (Å²) in [6.45, 7) is 1.18. The Morgan fingerprint density at radius 3 is 2.56 bits per heavy atom. The maximum Gasteiger partial charge on any atom is 0.323 e. The van der Waals surface area contributed by atoms with Gasteiger partial charge in [-0.3, -0.25) is 4.79 Å². The Kier molecular flexibility index (Phi) is 5.26. The number of carboxylic acids is 1. The molecule has 0 radical (unpaired) electrons. The van der Waals surface area contributed by atoms with Crippen molar-refractivity contribution in [2.24, 2.45) is 0 Å². The lowest BCUT2D eigenvalue weighted by atomic mass is 10.3. The van der Waals surface area contributed by atoms with Gasteiger partial charge in [-0.2, -0.15) is 0 Å². The molecular weight excluding hydrogens is 260 g/mol. The Hall–Kier alpha value is -1.95. The monoisotopic (exact) mass is 272 g/mol. The van der Waals surface area contributed by atoms with Crippen LogP contribution in [-0.4, -0.2) is 29.9 Å². The second-order valence-electron chi connectivity index (χ2n) is 3.43. The molecule has 1 aromatic carbocycles. The van der Waals surface area contributed by atoms with Crippen molar-refractivity contribution in [1.29, 1.82) is 0 Å². The summed E-state index contributed by atoms with van der Waals surface area (Å²) in [6, 6.07) is 6.03. The van der Waals surface area contributed by atoms with Crippen LogP contribution < -0.4 is 15.4 Å². The van der Waals surface area contributed by atoms with Crippen LogP contribution in [0.3, 0.4) is 0 Å². The maximum absolute atomic E-state index is 11.2. The van der Waals surface area contributed by atoms with E-state index < -0.39 is 24.8 Å². The lowest BCUT2D eigenvalue weighted by Gasteiger charge is -2.16. The smallest absolute Gasteiger partial charge is 0.323 e. The minimum atomic E-state index is -1.11. The van der Waals surface area contributed by atoms with Crippen LogP contribution in [0.1, 0.15) is 6.92 Å². The molecule has 1 unspecified atom stereocenters. The van der Waals surface area contributed by atoms with E-state index in [4.69, 9.17) is 21.4 Å². The number of carbonyl (C=O) groups excluding carboxylic acids is 1. The van der Waals surface area contributed by atoms with E-state index in [0.717, 1.165) is 0 Å². The van der Waals surface area contributed by atoms with Gasteiger partial charge in [0.15, 0.2) is 6.23 Å². The molecule has 0 saturated carbocycles. The third kappa shape index (κ3) is 5.40. The summed E-state index contributed by atoms with van der Waals surface area (Å²) >= 11 is 5.71. The topological polar surface area (TPSA) is 87.7 Å². The fourth-order valence-corrected chi connectivity index (χ4v) is 1.26. The number of urea groups is 1. The summed E-state index contributed by atoms with van der Waals surface area (Å²) < 4.78 is 5.37. The van der Waals surface area contributed by atoms with Gasteiger partial charge in [0.1, 0.15) is 12.3 Å². The van der Waals surface area contributed by atoms with Crippen molar-refractivity contribution in [3.05, 3.63) is 29.3 Å². The highest BCUT2D eigenvalue weighted by atomic mass is 35.5. The van der Waals surface area contributed by atoms with Crippen molar-refractivity contribution in [1.82, 2.24) is 10.6 Å². The molecular formula is C11H13ClN2O4. The Balaban J connectivity index is 2.36. The van der Waals surface area contributed by atoms with Gasteiger partial charge < -0.3 is 20.5 Å². The van der Waals surface area contributed by atoms with Crippen LogP contribution in [0.5, 0.6) is 5.75 Å². The van der Waals surface area contributed by atoms with Crippen LogP contribution in [0, 0.1) is 0 Å². The molecule has 1 rings (SSSR count). The van der Waals surface area contributed by atoms with Gasteiger partial charge in [-0.15, -0.1) is 0 Å². The largest absolute Gasteiger partial charge is 0.480 e. The molecule has 7 heteroatoms. The van der Waals surface area contributed by atoms with Crippen LogP contribution in [-0.2, 0) is 4.79 Å². The van der Waals surface area contributed by atoms with Crippen molar-refractivity contribution in [2.75, 3.05) is 6.54 Å². The van der Waals surface area contributed by atoms with Crippen LogP contribution in [0.25, 0.3) is 0 Å². The van der Waals surface area contributed by atoms with Crippen molar-refractivity contribution < 1.29 is 19.4 Å². The first-order valence-corrected chi connectivity index (χ1v) is 5.53. The second-order valence-corrected chi connectivity index (χ2v) is 3.87. The molecule has 0 aliphatic carbocycles. The number of amides is 2. The quantitative estimate of drug-likeness (QED) is 0.708. The second kappa shape index (κ2) is 6.70. The predicted molar refractivity (Wildman–Crippen MR) is 65.7 cm³/mol. The molecule has 1 aromatic rings. The summed E-state index contributed by atoms with van der Waals surface area (Å²) in [5.41, 5.74) is 0. The van der Waals surface area contributed by atoms with Crippen molar-refractivity contribution in [3.8, 4) is 5.75 Å². The molecule has 6 nitrogen and oxygen atoms in total. The summed E-state index contributed by atoms with van der Waals surface area (Å²) in [4.78, 5) is 21.4. The highest BCUT2D eigenvalue weighted by molar-refractivity contribution is 6.30. The minimum Gasteiger partial charge on any atom is -0.480 e. The first-order chi connectivity index (χ1) is 8.47. The van der Waals surface area contributed by atoms with Gasteiger partial charge in [0.25, 0.3) is 0 Å². The van der Waals surface area contributed by atoms with Crippen molar-refractivity contribution >= 4 is 23.6 Å². The predicted octanol–water partition coefficient (Wildman–Crippen LogP) is 1.45. The molecule has 0 aliphatic heterocycles. The molecule has 0 heterocycles. The van der Waals surface area contributed by atoms with Crippen LogP contribution in [0.4, 0.5) is 4.79 Å². The molecule has 0 saturated heterocycles. The third-order valence-electron chi connectivity index (χ3n) is 1.86. The first kappa shape index (κ1) is 14.1. The summed E-state index contributed by atoms with van der Waals surface area (Å²) in [6.07, 6.45) is -0.597. The highest BCUT2D eigenvalue weighted by Crippen LogP contribution is 2.16. The zero-order valence-corrected chi connectivity index (χ0v) is 10.4. The summed E-state index contributed by atoms with van der Waals surface area (Å²) in [7, 11) is 0. The maximum atomic E-state index is 11.2. The Morgan fingerprint density at radius 1 is 1.39 bits per heavy atom. The average molecular weight is 273 g/mol. The zero-order chi connectivity index (χ0) is 13.5. The number of benzene rings is 1. The van der Waals surface area contributed by atoms with Gasteiger partial charge in [-0.25, -0.2) is 4.79 Å². The number of hydrogen-bond donors (Lipinski definition) is 3. The lowest BCUT2D eigenvalue weighted by molar-refractivity contribution is -0.135. The molecule has 1 atom stereocenters. The van der Waals surface area contributed by atoms with E-state index in [1.54, 1.807) is 31.2 Å². The van der Waals surface area contributed by atoms with Gasteiger partial charge >= 0.3 is 12.0 Å². The zero-order valence-electron chi connectivity index (χ0n) is 9.64. The molecule has 3 N–H and O–H groups in total. The molecule has 2 amide bonds. The van der Waals surface area contributed by atoms with Gasteiger partial charge in [0, 0.05) is 5.02 Å². The fourth-order valence-electron chi connectivity index (χ4n) is 1.14. The van der Waals surface area contributed by atoms with Gasteiger partial charge in [0.05, 0.1) is 0 Å². The Bertz CT molecular complexity index is 422. The highest BCUT2D eigenvalue weighted by Gasteiger charge is 2.09. The standard InChI is InChI=1S/C11H13ClN2O4/c1-7(14-11(17)13-6-10(15)16)18-9-4-2-8(12)3-5-9/h2-5,7H,6H2,1H3,(H,15,16)(H2,13,14,17). The van der Waals surface area contributed by atoms with Crippen LogP contribution in [0.15, 0.2) is 24.3 Å². The number of aliphatic carboxylic acids is 1. The van der Waals surface area contributed by atoms with E-state index in [1.165, 1.54) is 0 Å². The van der Waals surface area contributed by atoms with E-state index in [1.807, 2.05) is 0 Å². The van der Waals surface area contributed by atoms with E-state index >= 15 is 0 Å². The Morgan fingerprint density at radius 2 is 2.00 bits per heavy atom. The summed E-state index contributed by atoms with van der Waals surface area (Å²) in [5.74, 6) is -0.568. The van der Waals surface area contributed by atoms with E-state index in [9.17, 15) is 9.59 Å². The SMILES string of the molecule is CC(NC(=O)NCC(=O)O)Oc1ccc(Cl)cc1. The Labute approximate surface area is 109 Å². The molecule has 0 bridgehead atoms. The summed E-state index contributed by atoms with van der Waals surface area (Å²) in [5, 5.41) is 13.5. The molecule has 0 aliphatic rings. The van der Waals surface area contributed by atoms with Gasteiger partial charge in [-0.05, 0) is 31.2 Å². The van der Waals surface area contributed by atoms with Crippen molar-refractivity contribution in [3.63, 3.8) is 0 Å².